The molecule has 2 aliphatic rings. The van der Waals surface area contributed by atoms with E-state index in [4.69, 9.17) is 9.72 Å². The average Bonchev–Trinajstić information content (AvgIpc) is 3.27. The molecule has 1 N–H and O–H groups in total. The topological polar surface area (TPSA) is 87.7 Å². The van der Waals surface area contributed by atoms with Crippen molar-refractivity contribution in [2.24, 2.45) is 0 Å². The predicted molar refractivity (Wildman–Crippen MR) is 112 cm³/mol. The van der Waals surface area contributed by atoms with Gasteiger partial charge < -0.3 is 19.9 Å². The Kier molecular flexibility index (Phi) is 6.20. The van der Waals surface area contributed by atoms with E-state index >= 15 is 0 Å². The van der Waals surface area contributed by atoms with Gasteiger partial charge in [-0.2, -0.15) is 0 Å². The van der Waals surface area contributed by atoms with E-state index in [1.54, 1.807) is 23.8 Å². The summed E-state index contributed by atoms with van der Waals surface area (Å²) < 4.78 is 32.0. The van der Waals surface area contributed by atoms with Crippen molar-refractivity contribution in [1.82, 2.24) is 19.8 Å². The van der Waals surface area contributed by atoms with E-state index in [0.717, 1.165) is 23.4 Å². The minimum Gasteiger partial charge on any atom is -0.481 e. The summed E-state index contributed by atoms with van der Waals surface area (Å²) in [5.41, 5.74) is 1.86. The Morgan fingerprint density at radius 1 is 1.22 bits per heavy atom. The molecule has 1 aromatic heterocycles. The molecule has 0 aliphatic carbocycles. The van der Waals surface area contributed by atoms with Crippen LogP contribution in [0.1, 0.15) is 36.3 Å². The zero-order valence-corrected chi connectivity index (χ0v) is 18.0. The number of carbonyl (C=O) groups excluding carboxylic acids is 2. The Balaban J connectivity index is 1.42. The highest BCUT2D eigenvalue weighted by Gasteiger charge is 2.32. The molecule has 1 fully saturated rings. The van der Waals surface area contributed by atoms with Crippen molar-refractivity contribution in [3.8, 4) is 5.75 Å². The second kappa shape index (κ2) is 9.05. The summed E-state index contributed by atoms with van der Waals surface area (Å²) in [6, 6.07) is 2.96. The van der Waals surface area contributed by atoms with Crippen LogP contribution in [0.25, 0.3) is 0 Å². The Labute approximate surface area is 184 Å². The largest absolute Gasteiger partial charge is 0.481 e. The molecule has 1 aromatic carbocycles. The van der Waals surface area contributed by atoms with Gasteiger partial charge in [0.15, 0.2) is 18.2 Å². The van der Waals surface area contributed by atoms with Crippen LogP contribution >= 0.6 is 0 Å². The molecule has 1 atom stereocenters. The van der Waals surface area contributed by atoms with E-state index in [9.17, 15) is 18.4 Å². The first-order valence-corrected chi connectivity index (χ1v) is 10.5. The first kappa shape index (κ1) is 21.9. The van der Waals surface area contributed by atoms with Crippen molar-refractivity contribution in [1.29, 1.82) is 0 Å². The first-order chi connectivity index (χ1) is 15.4. The third-order valence-electron chi connectivity index (χ3n) is 5.91. The number of amides is 2. The summed E-state index contributed by atoms with van der Waals surface area (Å²) in [6.45, 7) is 3.28. The highest BCUT2D eigenvalue weighted by atomic mass is 19.1. The number of hydrogen-bond donors (Lipinski definition) is 1. The van der Waals surface area contributed by atoms with Crippen LogP contribution in [0.2, 0.25) is 0 Å². The lowest BCUT2D eigenvalue weighted by Crippen LogP contribution is -2.36. The number of carbonyl (C=O) groups is 2. The number of anilines is 1. The minimum atomic E-state index is -0.845. The molecule has 4 rings (SSSR count). The van der Waals surface area contributed by atoms with E-state index in [0.29, 0.717) is 56.7 Å². The van der Waals surface area contributed by atoms with Crippen LogP contribution < -0.4 is 10.1 Å². The van der Waals surface area contributed by atoms with Gasteiger partial charge in [0.1, 0.15) is 17.5 Å². The zero-order valence-electron chi connectivity index (χ0n) is 18.0. The maximum Gasteiger partial charge on any atom is 0.260 e. The van der Waals surface area contributed by atoms with Gasteiger partial charge in [-0.15, -0.1) is 0 Å². The molecular weight excluding hydrogens is 420 g/mol. The lowest BCUT2D eigenvalue weighted by molar-refractivity contribution is -0.132. The second-order valence-electron chi connectivity index (χ2n) is 7.99. The van der Waals surface area contributed by atoms with Crippen molar-refractivity contribution in [3.05, 3.63) is 46.9 Å². The van der Waals surface area contributed by atoms with Gasteiger partial charge in [-0.3, -0.25) is 9.59 Å². The summed E-state index contributed by atoms with van der Waals surface area (Å²) in [6.07, 6.45) is 1.36. The minimum absolute atomic E-state index is 0.0227. The number of nitrogens with one attached hydrogen (secondary N) is 1. The molecule has 170 valence electrons. The Bertz CT molecular complexity index is 1030. The summed E-state index contributed by atoms with van der Waals surface area (Å²) in [5, 5.41) is 3.11. The van der Waals surface area contributed by atoms with Gasteiger partial charge >= 0.3 is 0 Å². The van der Waals surface area contributed by atoms with Crippen LogP contribution in [0, 0.1) is 11.6 Å². The number of benzene rings is 1. The van der Waals surface area contributed by atoms with E-state index in [1.165, 1.54) is 0 Å². The number of likely N-dealkylation sites (tertiary alicyclic amines) is 1. The first-order valence-electron chi connectivity index (χ1n) is 10.5. The van der Waals surface area contributed by atoms with E-state index in [1.807, 2.05) is 0 Å². The average molecular weight is 445 g/mol. The zero-order chi connectivity index (χ0) is 22.8. The predicted octanol–water partition coefficient (Wildman–Crippen LogP) is 2.10. The monoisotopic (exact) mass is 445 g/mol. The molecule has 2 aliphatic heterocycles. The van der Waals surface area contributed by atoms with Crippen LogP contribution in [0.4, 0.5) is 14.6 Å². The number of aromatic nitrogens is 2. The smallest absolute Gasteiger partial charge is 0.260 e. The molecule has 0 bridgehead atoms. The van der Waals surface area contributed by atoms with Gasteiger partial charge in [-0.05, 0) is 18.6 Å². The fourth-order valence-electron chi connectivity index (χ4n) is 4.11. The number of halogens is 2. The molecule has 32 heavy (non-hydrogen) atoms. The molecule has 1 unspecified atom stereocenters. The van der Waals surface area contributed by atoms with Gasteiger partial charge in [0, 0.05) is 57.6 Å². The molecule has 2 amide bonds. The number of ether oxygens (including phenoxy) is 1. The summed E-state index contributed by atoms with van der Waals surface area (Å²) in [4.78, 5) is 37.1. The van der Waals surface area contributed by atoms with Crippen molar-refractivity contribution in [2.75, 3.05) is 38.6 Å². The molecule has 0 spiro atoms. The quantitative estimate of drug-likeness (QED) is 0.759. The van der Waals surface area contributed by atoms with Crippen LogP contribution in [0.15, 0.2) is 18.2 Å². The van der Waals surface area contributed by atoms with Gasteiger partial charge in [0.2, 0.25) is 5.91 Å². The van der Waals surface area contributed by atoms with E-state index in [2.05, 4.69) is 10.3 Å². The van der Waals surface area contributed by atoms with Crippen LogP contribution in [-0.2, 0) is 22.6 Å². The summed E-state index contributed by atoms with van der Waals surface area (Å²) in [5.74, 6) is -0.613. The van der Waals surface area contributed by atoms with Crippen molar-refractivity contribution < 1.29 is 23.1 Å². The molecule has 2 aromatic rings. The Morgan fingerprint density at radius 2 is 2.03 bits per heavy atom. The van der Waals surface area contributed by atoms with Crippen molar-refractivity contribution in [3.63, 3.8) is 0 Å². The highest BCUT2D eigenvalue weighted by molar-refractivity contribution is 5.78. The number of rotatable bonds is 5. The fraction of sp³-hybridized carbons (Fsp3) is 0.455. The SMILES string of the molecule is CNc1nc(C2CCN(C(=O)COc3ccc(F)cc3F)C2)nc2c1CN(C(C)=O)CC2. The van der Waals surface area contributed by atoms with Crippen molar-refractivity contribution in [2.45, 2.75) is 32.2 Å². The Hall–Kier alpha value is -3.30. The molecule has 10 heteroatoms. The van der Waals surface area contributed by atoms with E-state index in [-0.39, 0.29) is 30.1 Å². The highest BCUT2D eigenvalue weighted by Crippen LogP contribution is 2.30. The van der Waals surface area contributed by atoms with Crippen LogP contribution in [0.5, 0.6) is 5.75 Å². The standard InChI is InChI=1S/C22H25F2N5O3/c1-13(30)28-8-6-18-16(11-28)22(25-2)27-21(26-18)14-5-7-29(10-14)20(31)12-32-19-4-3-15(23)9-17(19)24/h3-4,9,14H,5-8,10-12H2,1-2H3,(H,25,26,27). The number of hydrogen-bond acceptors (Lipinski definition) is 6. The maximum absolute atomic E-state index is 13.7. The van der Waals surface area contributed by atoms with Gasteiger partial charge in [0.05, 0.1) is 12.2 Å². The third-order valence-corrected chi connectivity index (χ3v) is 5.91. The second-order valence-corrected chi connectivity index (χ2v) is 7.99. The lowest BCUT2D eigenvalue weighted by atomic mass is 10.0. The molecule has 1 saturated heterocycles. The Morgan fingerprint density at radius 3 is 2.75 bits per heavy atom. The van der Waals surface area contributed by atoms with Gasteiger partial charge in [-0.25, -0.2) is 18.7 Å². The van der Waals surface area contributed by atoms with Gasteiger partial charge in [0.25, 0.3) is 5.91 Å². The molecule has 3 heterocycles. The van der Waals surface area contributed by atoms with Gasteiger partial charge in [-0.1, -0.05) is 0 Å². The van der Waals surface area contributed by atoms with Crippen LogP contribution in [-0.4, -0.2) is 64.9 Å². The number of fused-ring (bicyclic) bond motifs is 1. The summed E-state index contributed by atoms with van der Waals surface area (Å²) >= 11 is 0. The summed E-state index contributed by atoms with van der Waals surface area (Å²) in [7, 11) is 1.79. The van der Waals surface area contributed by atoms with Crippen molar-refractivity contribution >= 4 is 17.6 Å². The maximum atomic E-state index is 13.7. The fourth-order valence-corrected chi connectivity index (χ4v) is 4.11. The normalized spacial score (nSPS) is 17.8. The molecule has 8 nitrogen and oxygen atoms in total. The third kappa shape index (κ3) is 4.49. The number of nitrogens with zero attached hydrogens (tertiary/aromatic N) is 4. The van der Waals surface area contributed by atoms with Crippen LogP contribution in [0.3, 0.4) is 0 Å². The van der Waals surface area contributed by atoms with E-state index < -0.39 is 11.6 Å². The molecule has 0 radical (unpaired) electrons. The lowest BCUT2D eigenvalue weighted by Gasteiger charge is -2.29. The molecule has 0 saturated carbocycles. The molecular formula is C22H25F2N5O3.